The predicted molar refractivity (Wildman–Crippen MR) is 89.2 cm³/mol. The Morgan fingerprint density at radius 2 is 2.05 bits per heavy atom. The van der Waals surface area contributed by atoms with Gasteiger partial charge < -0.3 is 4.90 Å². The Labute approximate surface area is 132 Å². The van der Waals surface area contributed by atoms with Crippen molar-refractivity contribution in [3.05, 3.63) is 22.4 Å². The van der Waals surface area contributed by atoms with Gasteiger partial charge in [0.25, 0.3) is 0 Å². The minimum Gasteiger partial charge on any atom is -0.321 e. The third-order valence-electron chi connectivity index (χ3n) is 3.95. The Morgan fingerprint density at radius 1 is 1.29 bits per heavy atom. The summed E-state index contributed by atoms with van der Waals surface area (Å²) in [6, 6.07) is 4.17. The molecule has 21 heavy (non-hydrogen) atoms. The van der Waals surface area contributed by atoms with Crippen LogP contribution in [0, 0.1) is 11.8 Å². The highest BCUT2D eigenvalue weighted by molar-refractivity contribution is 7.10. The fourth-order valence-corrected chi connectivity index (χ4v) is 3.71. The van der Waals surface area contributed by atoms with Gasteiger partial charge in [-0.25, -0.2) is 0 Å². The van der Waals surface area contributed by atoms with Crippen LogP contribution in [0.4, 0.5) is 0 Å². The summed E-state index contributed by atoms with van der Waals surface area (Å²) in [6.07, 6.45) is 3.26. The summed E-state index contributed by atoms with van der Waals surface area (Å²) in [7, 11) is 0. The zero-order valence-electron chi connectivity index (χ0n) is 13.6. The lowest BCUT2D eigenvalue weighted by molar-refractivity contribution is -0.130. The zero-order chi connectivity index (χ0) is 15.4. The summed E-state index contributed by atoms with van der Waals surface area (Å²) in [5, 5.41) is 5.64. The van der Waals surface area contributed by atoms with Crippen molar-refractivity contribution in [2.24, 2.45) is 11.8 Å². The third-order valence-corrected chi connectivity index (χ3v) is 4.88. The highest BCUT2D eigenvalue weighted by atomic mass is 32.1. The minimum absolute atomic E-state index is 0.0175. The standard InChI is InChI=1S/C17H28N2OS/c1-12(2)7-5-9-19-16(15-8-6-10-21-15)18-14(17(19)20)11-13(3)4/h6,8,10,12-14,16,18H,5,7,9,11H2,1-4H3. The van der Waals surface area contributed by atoms with Gasteiger partial charge in [-0.05, 0) is 42.5 Å². The van der Waals surface area contributed by atoms with E-state index < -0.39 is 0 Å². The van der Waals surface area contributed by atoms with Crippen molar-refractivity contribution in [3.8, 4) is 0 Å². The molecule has 1 aliphatic heterocycles. The van der Waals surface area contributed by atoms with Crippen molar-refractivity contribution >= 4 is 17.2 Å². The third kappa shape index (κ3) is 4.30. The van der Waals surface area contributed by atoms with Crippen LogP contribution < -0.4 is 5.32 Å². The normalized spacial score (nSPS) is 22.8. The van der Waals surface area contributed by atoms with Gasteiger partial charge in [0.1, 0.15) is 6.17 Å². The first-order chi connectivity index (χ1) is 9.99. The monoisotopic (exact) mass is 308 g/mol. The first-order valence-corrected chi connectivity index (χ1v) is 8.97. The molecular weight excluding hydrogens is 280 g/mol. The van der Waals surface area contributed by atoms with Crippen LogP contribution in [-0.4, -0.2) is 23.4 Å². The number of nitrogens with one attached hydrogen (secondary N) is 1. The van der Waals surface area contributed by atoms with Crippen LogP contribution in [0.2, 0.25) is 0 Å². The molecule has 1 N–H and O–H groups in total. The Balaban J connectivity index is 2.06. The molecule has 1 aromatic rings. The van der Waals surface area contributed by atoms with Gasteiger partial charge in [-0.2, -0.15) is 0 Å². The molecule has 2 heterocycles. The Bertz CT molecular complexity index is 442. The SMILES string of the molecule is CC(C)CCCN1C(=O)C(CC(C)C)NC1c1cccs1. The van der Waals surface area contributed by atoms with Gasteiger partial charge in [0.05, 0.1) is 6.04 Å². The van der Waals surface area contributed by atoms with Gasteiger partial charge in [-0.3, -0.25) is 10.1 Å². The maximum atomic E-state index is 12.7. The van der Waals surface area contributed by atoms with E-state index in [1.165, 1.54) is 11.3 Å². The van der Waals surface area contributed by atoms with Gasteiger partial charge in [0.15, 0.2) is 0 Å². The molecule has 0 bridgehead atoms. The quantitative estimate of drug-likeness (QED) is 0.825. The van der Waals surface area contributed by atoms with Gasteiger partial charge in [0, 0.05) is 11.4 Å². The van der Waals surface area contributed by atoms with E-state index in [2.05, 4.69) is 55.4 Å². The summed E-state index contributed by atoms with van der Waals surface area (Å²) in [4.78, 5) is 16.0. The summed E-state index contributed by atoms with van der Waals surface area (Å²) in [5.41, 5.74) is 0. The van der Waals surface area contributed by atoms with Gasteiger partial charge in [-0.1, -0.05) is 33.8 Å². The molecule has 2 unspecified atom stereocenters. The van der Waals surface area contributed by atoms with Crippen LogP contribution in [0.1, 0.15) is 58.0 Å². The second kappa shape index (κ2) is 7.41. The summed E-state index contributed by atoms with van der Waals surface area (Å²) >= 11 is 1.73. The van der Waals surface area contributed by atoms with E-state index in [0.717, 1.165) is 19.4 Å². The molecule has 0 aliphatic carbocycles. The van der Waals surface area contributed by atoms with E-state index in [1.54, 1.807) is 11.3 Å². The van der Waals surface area contributed by atoms with Crippen molar-refractivity contribution in [2.45, 2.75) is 59.2 Å². The predicted octanol–water partition coefficient (Wildman–Crippen LogP) is 4.03. The van der Waals surface area contributed by atoms with Crippen LogP contribution in [-0.2, 0) is 4.79 Å². The molecular formula is C17H28N2OS. The van der Waals surface area contributed by atoms with Gasteiger partial charge in [-0.15, -0.1) is 11.3 Å². The van der Waals surface area contributed by atoms with Crippen LogP contribution in [0.25, 0.3) is 0 Å². The molecule has 2 rings (SSSR count). The Hall–Kier alpha value is -0.870. The second-order valence-electron chi connectivity index (χ2n) is 6.83. The van der Waals surface area contributed by atoms with Crippen LogP contribution in [0.3, 0.4) is 0 Å². The van der Waals surface area contributed by atoms with E-state index in [-0.39, 0.29) is 18.1 Å². The zero-order valence-corrected chi connectivity index (χ0v) is 14.5. The van der Waals surface area contributed by atoms with Crippen LogP contribution >= 0.6 is 11.3 Å². The fourth-order valence-electron chi connectivity index (χ4n) is 2.91. The first kappa shape index (κ1) is 16.5. The average molecular weight is 308 g/mol. The largest absolute Gasteiger partial charge is 0.321 e. The van der Waals surface area contributed by atoms with E-state index >= 15 is 0 Å². The van der Waals surface area contributed by atoms with Crippen LogP contribution in [0.15, 0.2) is 17.5 Å². The number of carbonyl (C=O) groups excluding carboxylic acids is 1. The minimum atomic E-state index is -0.0175. The smallest absolute Gasteiger partial charge is 0.241 e. The maximum absolute atomic E-state index is 12.7. The maximum Gasteiger partial charge on any atom is 0.241 e. The fraction of sp³-hybridized carbons (Fsp3) is 0.706. The molecule has 1 aliphatic rings. The molecule has 1 aromatic heterocycles. The van der Waals surface area contributed by atoms with E-state index in [0.29, 0.717) is 11.8 Å². The molecule has 1 saturated heterocycles. The van der Waals surface area contributed by atoms with E-state index in [9.17, 15) is 4.79 Å². The number of thiophene rings is 1. The molecule has 0 aromatic carbocycles. The molecule has 1 amide bonds. The highest BCUT2D eigenvalue weighted by Crippen LogP contribution is 2.30. The number of amides is 1. The lowest BCUT2D eigenvalue weighted by Crippen LogP contribution is -2.32. The Morgan fingerprint density at radius 3 is 2.62 bits per heavy atom. The molecule has 118 valence electrons. The molecule has 0 saturated carbocycles. The van der Waals surface area contributed by atoms with E-state index in [1.807, 2.05) is 0 Å². The van der Waals surface area contributed by atoms with Gasteiger partial charge in [0.2, 0.25) is 5.91 Å². The first-order valence-electron chi connectivity index (χ1n) is 8.09. The average Bonchev–Trinajstić information content (AvgIpc) is 3.00. The number of nitrogens with zero attached hydrogens (tertiary/aromatic N) is 1. The summed E-state index contributed by atoms with van der Waals surface area (Å²) in [6.45, 7) is 9.69. The van der Waals surface area contributed by atoms with Gasteiger partial charge >= 0.3 is 0 Å². The number of hydrogen-bond acceptors (Lipinski definition) is 3. The second-order valence-corrected chi connectivity index (χ2v) is 7.81. The molecule has 4 heteroatoms. The number of rotatable bonds is 7. The molecule has 1 fully saturated rings. The Kier molecular flexibility index (Phi) is 5.82. The molecule has 2 atom stereocenters. The molecule has 0 radical (unpaired) electrons. The van der Waals surface area contributed by atoms with E-state index in [4.69, 9.17) is 0 Å². The topological polar surface area (TPSA) is 32.3 Å². The van der Waals surface area contributed by atoms with Crippen LogP contribution in [0.5, 0.6) is 0 Å². The summed E-state index contributed by atoms with van der Waals surface area (Å²) in [5.74, 6) is 1.51. The number of hydrogen-bond donors (Lipinski definition) is 1. The molecule has 3 nitrogen and oxygen atoms in total. The lowest BCUT2D eigenvalue weighted by Gasteiger charge is -2.23. The van der Waals surface area contributed by atoms with Crippen molar-refractivity contribution in [1.29, 1.82) is 0 Å². The number of carbonyl (C=O) groups is 1. The van der Waals surface area contributed by atoms with Crippen molar-refractivity contribution in [1.82, 2.24) is 10.2 Å². The van der Waals surface area contributed by atoms with Crippen molar-refractivity contribution < 1.29 is 4.79 Å². The highest BCUT2D eigenvalue weighted by Gasteiger charge is 2.39. The van der Waals surface area contributed by atoms with Crippen molar-refractivity contribution in [3.63, 3.8) is 0 Å². The summed E-state index contributed by atoms with van der Waals surface area (Å²) < 4.78 is 0. The molecule has 0 spiro atoms. The van der Waals surface area contributed by atoms with Crippen molar-refractivity contribution in [2.75, 3.05) is 6.54 Å². The lowest BCUT2D eigenvalue weighted by atomic mass is 10.0.